The van der Waals surface area contributed by atoms with E-state index in [1.807, 2.05) is 0 Å². The van der Waals surface area contributed by atoms with Crippen molar-refractivity contribution in [2.45, 2.75) is 57.5 Å². The van der Waals surface area contributed by atoms with E-state index in [2.05, 4.69) is 5.32 Å². The second-order valence-electron chi connectivity index (χ2n) is 4.95. The van der Waals surface area contributed by atoms with Gasteiger partial charge >= 0.3 is 6.09 Å². The summed E-state index contributed by atoms with van der Waals surface area (Å²) in [4.78, 5) is 11.3. The number of rotatable bonds is 1. The molecular formula is C10H19NO4. The Hall–Kier alpha value is -0.810. The van der Waals surface area contributed by atoms with E-state index in [4.69, 9.17) is 4.74 Å². The Morgan fingerprint density at radius 3 is 2.13 bits per heavy atom. The number of hydrogen-bond acceptors (Lipinski definition) is 4. The molecular weight excluding hydrogens is 198 g/mol. The van der Waals surface area contributed by atoms with Crippen LogP contribution < -0.4 is 5.32 Å². The number of hydrogen-bond donors (Lipinski definition) is 3. The molecule has 88 valence electrons. The Balaban J connectivity index is 2.34. The number of carbonyl (C=O) groups is 1. The Morgan fingerprint density at radius 2 is 1.73 bits per heavy atom. The fraction of sp³-hybridized carbons (Fsp3) is 0.900. The van der Waals surface area contributed by atoms with Crippen LogP contribution in [-0.2, 0) is 4.74 Å². The van der Waals surface area contributed by atoms with Crippen molar-refractivity contribution < 1.29 is 19.7 Å². The molecule has 15 heavy (non-hydrogen) atoms. The predicted octanol–water partition coefficient (Wildman–Crippen LogP) is 0.395. The minimum atomic E-state index is -0.745. The van der Waals surface area contributed by atoms with Gasteiger partial charge in [0.05, 0.1) is 12.2 Å². The number of nitrogens with one attached hydrogen (secondary N) is 1. The molecule has 1 fully saturated rings. The van der Waals surface area contributed by atoms with Crippen molar-refractivity contribution in [2.75, 3.05) is 0 Å². The van der Waals surface area contributed by atoms with Crippen molar-refractivity contribution in [3.63, 3.8) is 0 Å². The molecule has 1 rings (SSSR count). The predicted molar refractivity (Wildman–Crippen MR) is 54.4 cm³/mol. The van der Waals surface area contributed by atoms with E-state index in [0.29, 0.717) is 12.8 Å². The molecule has 0 heterocycles. The summed E-state index contributed by atoms with van der Waals surface area (Å²) >= 11 is 0. The van der Waals surface area contributed by atoms with Gasteiger partial charge < -0.3 is 20.3 Å². The van der Waals surface area contributed by atoms with Gasteiger partial charge in [0, 0.05) is 6.04 Å². The van der Waals surface area contributed by atoms with Crippen molar-refractivity contribution in [1.29, 1.82) is 0 Å². The molecule has 3 atom stereocenters. The first-order valence-electron chi connectivity index (χ1n) is 5.13. The van der Waals surface area contributed by atoms with Crippen molar-refractivity contribution >= 4 is 6.09 Å². The third kappa shape index (κ3) is 4.05. The molecule has 1 aliphatic carbocycles. The molecule has 5 heteroatoms. The molecule has 0 aromatic heterocycles. The van der Waals surface area contributed by atoms with E-state index in [9.17, 15) is 15.0 Å². The Labute approximate surface area is 89.4 Å². The van der Waals surface area contributed by atoms with Gasteiger partial charge in [-0.05, 0) is 33.6 Å². The molecule has 1 saturated carbocycles. The molecule has 0 spiro atoms. The summed E-state index contributed by atoms with van der Waals surface area (Å²) in [7, 11) is 0. The lowest BCUT2D eigenvalue weighted by Crippen LogP contribution is -2.38. The maximum absolute atomic E-state index is 11.3. The number of alkyl carbamates (subject to hydrolysis) is 1. The number of aliphatic hydroxyl groups is 2. The largest absolute Gasteiger partial charge is 0.444 e. The normalized spacial score (nSPS) is 31.4. The molecule has 1 aliphatic rings. The van der Waals surface area contributed by atoms with Gasteiger partial charge in [-0.1, -0.05) is 0 Å². The monoisotopic (exact) mass is 217 g/mol. The Morgan fingerprint density at radius 1 is 1.27 bits per heavy atom. The van der Waals surface area contributed by atoms with E-state index >= 15 is 0 Å². The highest BCUT2D eigenvalue weighted by atomic mass is 16.6. The van der Waals surface area contributed by atoms with Gasteiger partial charge in [0.25, 0.3) is 0 Å². The number of aliphatic hydroxyl groups excluding tert-OH is 2. The van der Waals surface area contributed by atoms with Crippen LogP contribution in [0.3, 0.4) is 0 Å². The van der Waals surface area contributed by atoms with Crippen LogP contribution in [-0.4, -0.2) is 40.2 Å². The van der Waals surface area contributed by atoms with E-state index in [1.54, 1.807) is 20.8 Å². The van der Waals surface area contributed by atoms with Gasteiger partial charge in [-0.2, -0.15) is 0 Å². The molecule has 0 aromatic rings. The summed E-state index contributed by atoms with van der Waals surface area (Å²) in [5.74, 6) is 0. The molecule has 0 bridgehead atoms. The highest BCUT2D eigenvalue weighted by molar-refractivity contribution is 5.68. The molecule has 0 aliphatic heterocycles. The molecule has 0 saturated heterocycles. The van der Waals surface area contributed by atoms with Crippen molar-refractivity contribution in [2.24, 2.45) is 0 Å². The van der Waals surface area contributed by atoms with Crippen LogP contribution in [0.2, 0.25) is 0 Å². The Bertz CT molecular complexity index is 226. The van der Waals surface area contributed by atoms with Crippen LogP contribution in [0.4, 0.5) is 4.79 Å². The lowest BCUT2D eigenvalue weighted by Gasteiger charge is -2.21. The average molecular weight is 217 g/mol. The maximum Gasteiger partial charge on any atom is 0.407 e. The van der Waals surface area contributed by atoms with E-state index in [0.717, 1.165) is 0 Å². The smallest absolute Gasteiger partial charge is 0.407 e. The lowest BCUT2D eigenvalue weighted by molar-refractivity contribution is 0.0438. The van der Waals surface area contributed by atoms with Gasteiger partial charge in [0.2, 0.25) is 0 Å². The quantitative estimate of drug-likeness (QED) is 0.594. The van der Waals surface area contributed by atoms with Crippen molar-refractivity contribution in [3.8, 4) is 0 Å². The van der Waals surface area contributed by atoms with Gasteiger partial charge in [-0.25, -0.2) is 4.79 Å². The van der Waals surface area contributed by atoms with Crippen molar-refractivity contribution in [3.05, 3.63) is 0 Å². The molecule has 1 amide bonds. The van der Waals surface area contributed by atoms with Crippen molar-refractivity contribution in [1.82, 2.24) is 5.32 Å². The minimum absolute atomic E-state index is 0.204. The number of amides is 1. The van der Waals surface area contributed by atoms with Crippen LogP contribution in [0.5, 0.6) is 0 Å². The minimum Gasteiger partial charge on any atom is -0.444 e. The first kappa shape index (κ1) is 12.3. The topological polar surface area (TPSA) is 78.8 Å². The fourth-order valence-electron chi connectivity index (χ4n) is 1.59. The third-order valence-electron chi connectivity index (χ3n) is 2.22. The fourth-order valence-corrected chi connectivity index (χ4v) is 1.59. The standard InChI is InChI=1S/C10H19NO4/c1-10(2,3)15-9(14)11-6-4-7(12)8(13)5-6/h6-8,12-13H,4-5H2,1-3H3,(H,11,14)/t6?,7-,8+. The molecule has 0 aromatic carbocycles. The van der Waals surface area contributed by atoms with E-state index < -0.39 is 23.9 Å². The first-order valence-corrected chi connectivity index (χ1v) is 5.13. The van der Waals surface area contributed by atoms with Crippen LogP contribution in [0.15, 0.2) is 0 Å². The summed E-state index contributed by atoms with van der Waals surface area (Å²) in [6, 6.07) is -0.204. The van der Waals surface area contributed by atoms with Crippen LogP contribution in [0, 0.1) is 0 Å². The number of ether oxygens (including phenoxy) is 1. The summed E-state index contributed by atoms with van der Waals surface area (Å²) in [6.07, 6.45) is -1.25. The summed E-state index contributed by atoms with van der Waals surface area (Å²) in [5.41, 5.74) is -0.528. The average Bonchev–Trinajstić information content (AvgIpc) is 2.26. The highest BCUT2D eigenvalue weighted by Crippen LogP contribution is 2.20. The third-order valence-corrected chi connectivity index (χ3v) is 2.22. The van der Waals surface area contributed by atoms with Crippen LogP contribution in [0.1, 0.15) is 33.6 Å². The molecule has 5 nitrogen and oxygen atoms in total. The lowest BCUT2D eigenvalue weighted by atomic mass is 10.2. The zero-order chi connectivity index (χ0) is 11.6. The van der Waals surface area contributed by atoms with E-state index in [-0.39, 0.29) is 6.04 Å². The van der Waals surface area contributed by atoms with Crippen LogP contribution >= 0.6 is 0 Å². The van der Waals surface area contributed by atoms with Gasteiger partial charge in [0.1, 0.15) is 5.60 Å². The van der Waals surface area contributed by atoms with Crippen LogP contribution in [0.25, 0.3) is 0 Å². The summed E-state index contributed by atoms with van der Waals surface area (Å²) in [5, 5.41) is 21.2. The number of carbonyl (C=O) groups excluding carboxylic acids is 1. The van der Waals surface area contributed by atoms with Gasteiger partial charge in [0.15, 0.2) is 0 Å². The second-order valence-corrected chi connectivity index (χ2v) is 4.95. The first-order chi connectivity index (χ1) is 6.78. The molecule has 1 unspecified atom stereocenters. The summed E-state index contributed by atoms with van der Waals surface area (Å²) < 4.78 is 5.06. The highest BCUT2D eigenvalue weighted by Gasteiger charge is 2.33. The van der Waals surface area contributed by atoms with E-state index in [1.165, 1.54) is 0 Å². The van der Waals surface area contributed by atoms with Gasteiger partial charge in [-0.15, -0.1) is 0 Å². The zero-order valence-corrected chi connectivity index (χ0v) is 9.36. The Kier molecular flexibility index (Phi) is 3.57. The molecule has 0 radical (unpaired) electrons. The zero-order valence-electron chi connectivity index (χ0n) is 9.36. The molecule has 3 N–H and O–H groups in total. The SMILES string of the molecule is CC(C)(C)OC(=O)NC1C[C@@H](O)[C@@H](O)C1. The maximum atomic E-state index is 11.3. The second kappa shape index (κ2) is 4.37. The summed E-state index contributed by atoms with van der Waals surface area (Å²) in [6.45, 7) is 5.35. The van der Waals surface area contributed by atoms with Gasteiger partial charge in [-0.3, -0.25) is 0 Å².